The normalized spacial score (nSPS) is 10.6. The zero-order chi connectivity index (χ0) is 11.4. The Labute approximate surface area is 96.7 Å². The fourth-order valence-electron chi connectivity index (χ4n) is 1.29. The summed E-state index contributed by atoms with van der Waals surface area (Å²) in [5.74, 6) is 0.356. The summed E-state index contributed by atoms with van der Waals surface area (Å²) < 4.78 is 12.7. The Morgan fingerprint density at radius 3 is 2.75 bits per heavy atom. The van der Waals surface area contributed by atoms with Crippen LogP contribution in [0.5, 0.6) is 0 Å². The third-order valence-corrected chi connectivity index (χ3v) is 2.91. The van der Waals surface area contributed by atoms with E-state index < -0.39 is 0 Å². The molecular weight excluding hydrogens is 227 g/mol. The van der Waals surface area contributed by atoms with Crippen LogP contribution in [-0.2, 0) is 0 Å². The second kappa shape index (κ2) is 5.14. The summed E-state index contributed by atoms with van der Waals surface area (Å²) in [4.78, 5) is 7.26. The van der Waals surface area contributed by atoms with E-state index in [1.54, 1.807) is 18.3 Å². The van der Waals surface area contributed by atoms with Gasteiger partial charge in [-0.25, -0.2) is 9.37 Å². The number of halogens is 1. The molecule has 5 heteroatoms. The lowest BCUT2D eigenvalue weighted by Gasteiger charge is -1.96. The van der Waals surface area contributed by atoms with Crippen LogP contribution in [0.4, 0.5) is 4.39 Å². The number of hydrogen-bond acceptors (Lipinski definition) is 3. The molecule has 0 unspecified atom stereocenters. The molecule has 0 radical (unpaired) electrons. The van der Waals surface area contributed by atoms with Gasteiger partial charge in [0.2, 0.25) is 0 Å². The second-order valence-electron chi connectivity index (χ2n) is 3.18. The molecule has 0 aliphatic carbocycles. The van der Waals surface area contributed by atoms with Crippen molar-refractivity contribution in [2.75, 3.05) is 12.4 Å². The molecule has 0 saturated carbocycles. The molecule has 0 spiro atoms. The van der Waals surface area contributed by atoms with E-state index >= 15 is 0 Å². The highest BCUT2D eigenvalue weighted by molar-refractivity contribution is 7.99. The van der Waals surface area contributed by atoms with E-state index in [2.05, 4.69) is 9.97 Å². The third-order valence-electron chi connectivity index (χ3n) is 2.04. The van der Waals surface area contributed by atoms with Gasteiger partial charge in [-0.3, -0.25) is 0 Å². The van der Waals surface area contributed by atoms with Crippen molar-refractivity contribution in [3.8, 4) is 11.3 Å². The fourth-order valence-corrected chi connectivity index (χ4v) is 1.89. The van der Waals surface area contributed by atoms with Crippen molar-refractivity contribution in [1.29, 1.82) is 0 Å². The van der Waals surface area contributed by atoms with Crippen LogP contribution in [0, 0.1) is 5.82 Å². The maximum absolute atomic E-state index is 12.7. The average molecular weight is 238 g/mol. The predicted octanol–water partition coefficient (Wildman–Crippen LogP) is 2.30. The number of nitrogens with one attached hydrogen (secondary N) is 1. The Hall–Kier alpha value is -1.33. The number of nitrogens with zero attached hydrogens (tertiary/aromatic N) is 1. The lowest BCUT2D eigenvalue weighted by atomic mass is 10.2. The van der Waals surface area contributed by atoms with Gasteiger partial charge in [0, 0.05) is 5.75 Å². The number of hydrogen-bond donors (Lipinski definition) is 2. The molecule has 0 amide bonds. The van der Waals surface area contributed by atoms with Crippen LogP contribution in [0.3, 0.4) is 0 Å². The van der Waals surface area contributed by atoms with E-state index in [9.17, 15) is 4.39 Å². The third kappa shape index (κ3) is 2.62. The van der Waals surface area contributed by atoms with E-state index in [1.807, 2.05) is 0 Å². The molecular formula is C11H11FN2OS. The van der Waals surface area contributed by atoms with Gasteiger partial charge in [0.25, 0.3) is 0 Å². The van der Waals surface area contributed by atoms with Crippen LogP contribution in [0.2, 0.25) is 0 Å². The van der Waals surface area contributed by atoms with Gasteiger partial charge in [0.1, 0.15) is 5.82 Å². The number of H-pyrrole nitrogens is 1. The highest BCUT2D eigenvalue weighted by atomic mass is 32.2. The summed E-state index contributed by atoms with van der Waals surface area (Å²) in [6.07, 6.45) is 1.70. The zero-order valence-electron chi connectivity index (χ0n) is 8.48. The number of aromatic amines is 1. The number of aliphatic hydroxyl groups excluding tert-OH is 1. The Morgan fingerprint density at radius 2 is 2.06 bits per heavy atom. The molecule has 0 fully saturated rings. The van der Waals surface area contributed by atoms with E-state index in [0.29, 0.717) is 5.75 Å². The number of thioether (sulfide) groups is 1. The minimum absolute atomic E-state index is 0.122. The van der Waals surface area contributed by atoms with Crippen LogP contribution >= 0.6 is 11.8 Å². The van der Waals surface area contributed by atoms with Crippen LogP contribution in [0.15, 0.2) is 35.6 Å². The summed E-state index contributed by atoms with van der Waals surface area (Å²) in [6, 6.07) is 6.22. The van der Waals surface area contributed by atoms with Gasteiger partial charge in [-0.1, -0.05) is 11.8 Å². The van der Waals surface area contributed by atoms with Gasteiger partial charge in [-0.2, -0.15) is 0 Å². The van der Waals surface area contributed by atoms with E-state index in [0.717, 1.165) is 16.4 Å². The summed E-state index contributed by atoms with van der Waals surface area (Å²) >= 11 is 1.45. The average Bonchev–Trinajstić information content (AvgIpc) is 2.76. The molecule has 2 rings (SSSR count). The Kier molecular flexibility index (Phi) is 3.58. The number of benzene rings is 1. The van der Waals surface area contributed by atoms with E-state index in [-0.39, 0.29) is 12.4 Å². The molecule has 0 saturated heterocycles. The topological polar surface area (TPSA) is 48.9 Å². The van der Waals surface area contributed by atoms with Gasteiger partial charge >= 0.3 is 0 Å². The van der Waals surface area contributed by atoms with Crippen LogP contribution < -0.4 is 0 Å². The molecule has 0 atom stereocenters. The number of rotatable bonds is 4. The molecule has 0 aliphatic rings. The predicted molar refractivity (Wildman–Crippen MR) is 61.8 cm³/mol. The Morgan fingerprint density at radius 1 is 1.31 bits per heavy atom. The number of aromatic nitrogens is 2. The first-order valence-electron chi connectivity index (χ1n) is 4.84. The van der Waals surface area contributed by atoms with E-state index in [1.165, 1.54) is 23.9 Å². The lowest BCUT2D eigenvalue weighted by molar-refractivity contribution is 0.322. The van der Waals surface area contributed by atoms with Crippen molar-refractivity contribution in [2.24, 2.45) is 0 Å². The molecule has 1 aromatic heterocycles. The monoisotopic (exact) mass is 238 g/mol. The van der Waals surface area contributed by atoms with Crippen molar-refractivity contribution in [3.05, 3.63) is 36.3 Å². The van der Waals surface area contributed by atoms with E-state index in [4.69, 9.17) is 5.11 Å². The molecule has 16 heavy (non-hydrogen) atoms. The quantitative estimate of drug-likeness (QED) is 0.803. The smallest absolute Gasteiger partial charge is 0.165 e. The largest absolute Gasteiger partial charge is 0.396 e. The Bertz CT molecular complexity index is 455. The number of imidazole rings is 1. The summed E-state index contributed by atoms with van der Waals surface area (Å²) in [5.41, 5.74) is 1.74. The molecule has 3 nitrogen and oxygen atoms in total. The van der Waals surface area contributed by atoms with Crippen molar-refractivity contribution in [1.82, 2.24) is 9.97 Å². The van der Waals surface area contributed by atoms with Gasteiger partial charge in [-0.05, 0) is 29.8 Å². The highest BCUT2D eigenvalue weighted by Gasteiger charge is 2.03. The summed E-state index contributed by atoms with van der Waals surface area (Å²) in [7, 11) is 0. The first-order chi connectivity index (χ1) is 7.79. The first kappa shape index (κ1) is 11.2. The molecule has 0 aliphatic heterocycles. The summed E-state index contributed by atoms with van der Waals surface area (Å²) in [6.45, 7) is 0.122. The van der Waals surface area contributed by atoms with Gasteiger partial charge in [-0.15, -0.1) is 0 Å². The first-order valence-corrected chi connectivity index (χ1v) is 5.83. The van der Waals surface area contributed by atoms with Gasteiger partial charge in [0.15, 0.2) is 5.16 Å². The fraction of sp³-hybridized carbons (Fsp3) is 0.182. The maximum atomic E-state index is 12.7. The standard InChI is InChI=1S/C11H11FN2OS/c12-9-3-1-8(2-4-9)10-7-13-11(14-10)16-6-5-15/h1-4,7,15H,5-6H2,(H,13,14). The van der Waals surface area contributed by atoms with Crippen molar-refractivity contribution < 1.29 is 9.50 Å². The molecule has 0 bridgehead atoms. The minimum atomic E-state index is -0.252. The van der Waals surface area contributed by atoms with Crippen molar-refractivity contribution >= 4 is 11.8 Å². The molecule has 2 N–H and O–H groups in total. The SMILES string of the molecule is OCCSc1ncc(-c2ccc(F)cc2)[nH]1. The number of aliphatic hydroxyl groups is 1. The van der Waals surface area contributed by atoms with Crippen molar-refractivity contribution in [2.45, 2.75) is 5.16 Å². The van der Waals surface area contributed by atoms with Gasteiger partial charge in [0.05, 0.1) is 18.5 Å². The Balaban J connectivity index is 2.15. The zero-order valence-corrected chi connectivity index (χ0v) is 9.30. The molecule has 1 aromatic carbocycles. The molecule has 2 aromatic rings. The van der Waals surface area contributed by atoms with Crippen molar-refractivity contribution in [3.63, 3.8) is 0 Å². The summed E-state index contributed by atoms with van der Waals surface area (Å²) in [5, 5.41) is 9.44. The second-order valence-corrected chi connectivity index (χ2v) is 4.26. The molecule has 84 valence electrons. The van der Waals surface area contributed by atoms with Crippen LogP contribution in [-0.4, -0.2) is 27.4 Å². The highest BCUT2D eigenvalue weighted by Crippen LogP contribution is 2.21. The maximum Gasteiger partial charge on any atom is 0.165 e. The van der Waals surface area contributed by atoms with Gasteiger partial charge < -0.3 is 10.1 Å². The molecule has 1 heterocycles. The lowest BCUT2D eigenvalue weighted by Crippen LogP contribution is -1.86. The van der Waals surface area contributed by atoms with Crippen LogP contribution in [0.1, 0.15) is 0 Å². The minimum Gasteiger partial charge on any atom is -0.396 e. The van der Waals surface area contributed by atoms with Crippen LogP contribution in [0.25, 0.3) is 11.3 Å².